The lowest BCUT2D eigenvalue weighted by Gasteiger charge is -2.13. The van der Waals surface area contributed by atoms with Crippen LogP contribution >= 0.6 is 0 Å². The number of likely N-dealkylation sites (tertiary alicyclic amines) is 1. The summed E-state index contributed by atoms with van der Waals surface area (Å²) in [5.74, 6) is 0.0477. The van der Waals surface area contributed by atoms with E-state index in [1.165, 1.54) is 6.20 Å². The first-order chi connectivity index (χ1) is 6.38. The molecule has 1 amide bonds. The minimum atomic E-state index is 0.0477. The molecular formula is C10H11N2O. The Morgan fingerprint density at radius 1 is 1.46 bits per heavy atom. The molecule has 0 aliphatic carbocycles. The van der Waals surface area contributed by atoms with Crippen molar-refractivity contribution >= 4 is 5.91 Å². The van der Waals surface area contributed by atoms with Crippen molar-refractivity contribution in [3.63, 3.8) is 0 Å². The Hall–Kier alpha value is -1.38. The quantitative estimate of drug-likeness (QED) is 0.640. The number of rotatable bonds is 1. The van der Waals surface area contributed by atoms with Gasteiger partial charge in [0.25, 0.3) is 5.91 Å². The zero-order valence-corrected chi connectivity index (χ0v) is 7.36. The van der Waals surface area contributed by atoms with E-state index >= 15 is 0 Å². The molecule has 3 nitrogen and oxygen atoms in total. The van der Waals surface area contributed by atoms with Crippen molar-refractivity contribution in [2.24, 2.45) is 0 Å². The molecule has 13 heavy (non-hydrogen) atoms. The van der Waals surface area contributed by atoms with Crippen LogP contribution in [0, 0.1) is 6.07 Å². The Morgan fingerprint density at radius 2 is 2.23 bits per heavy atom. The third-order valence-corrected chi connectivity index (χ3v) is 2.23. The highest BCUT2D eigenvalue weighted by Crippen LogP contribution is 2.10. The second-order valence-electron chi connectivity index (χ2n) is 3.14. The van der Waals surface area contributed by atoms with Gasteiger partial charge in [0.1, 0.15) is 5.69 Å². The number of carbonyl (C=O) groups is 1. The van der Waals surface area contributed by atoms with Crippen LogP contribution in [0.1, 0.15) is 23.3 Å². The molecule has 1 aliphatic rings. The van der Waals surface area contributed by atoms with Gasteiger partial charge in [0.15, 0.2) is 0 Å². The third kappa shape index (κ3) is 1.69. The van der Waals surface area contributed by atoms with Gasteiger partial charge in [-0.05, 0) is 18.9 Å². The van der Waals surface area contributed by atoms with Crippen LogP contribution in [-0.4, -0.2) is 28.9 Å². The maximum absolute atomic E-state index is 11.7. The topological polar surface area (TPSA) is 33.2 Å². The first-order valence-electron chi connectivity index (χ1n) is 4.49. The average Bonchev–Trinajstić information content (AvgIpc) is 2.71. The van der Waals surface area contributed by atoms with Gasteiger partial charge in [0.05, 0.1) is 0 Å². The van der Waals surface area contributed by atoms with Crippen molar-refractivity contribution in [2.45, 2.75) is 12.8 Å². The average molecular weight is 175 g/mol. The van der Waals surface area contributed by atoms with Crippen LogP contribution < -0.4 is 0 Å². The predicted molar refractivity (Wildman–Crippen MR) is 48.2 cm³/mol. The van der Waals surface area contributed by atoms with Crippen molar-refractivity contribution in [1.29, 1.82) is 0 Å². The zero-order chi connectivity index (χ0) is 9.10. The van der Waals surface area contributed by atoms with E-state index in [9.17, 15) is 4.79 Å². The standard InChI is InChI=1S/C10H11N2O/c13-10(12-7-3-4-8-12)9-5-1-2-6-11-9/h1,5-6H,3-4,7-8H2. The second kappa shape index (κ2) is 3.56. The number of hydrogen-bond acceptors (Lipinski definition) is 2. The summed E-state index contributed by atoms with van der Waals surface area (Å²) in [6, 6.07) is 6.22. The van der Waals surface area contributed by atoms with Crippen LogP contribution in [0.5, 0.6) is 0 Å². The number of nitrogens with zero attached hydrogens (tertiary/aromatic N) is 2. The molecule has 1 fully saturated rings. The second-order valence-corrected chi connectivity index (χ2v) is 3.14. The summed E-state index contributed by atoms with van der Waals surface area (Å²) >= 11 is 0. The summed E-state index contributed by atoms with van der Waals surface area (Å²) in [6.07, 6.45) is 3.76. The molecular weight excluding hydrogens is 164 g/mol. The summed E-state index contributed by atoms with van der Waals surface area (Å²) in [6.45, 7) is 1.75. The van der Waals surface area contributed by atoms with E-state index < -0.39 is 0 Å². The lowest BCUT2D eigenvalue weighted by atomic mass is 10.3. The minimum absolute atomic E-state index is 0.0477. The van der Waals surface area contributed by atoms with Crippen molar-refractivity contribution in [1.82, 2.24) is 9.88 Å². The smallest absolute Gasteiger partial charge is 0.272 e. The van der Waals surface area contributed by atoms with E-state index in [4.69, 9.17) is 0 Å². The van der Waals surface area contributed by atoms with Gasteiger partial charge in [0.2, 0.25) is 0 Å². The highest BCUT2D eigenvalue weighted by atomic mass is 16.2. The molecule has 0 unspecified atom stereocenters. The van der Waals surface area contributed by atoms with Gasteiger partial charge in [-0.25, -0.2) is 0 Å². The van der Waals surface area contributed by atoms with Crippen molar-refractivity contribution in [3.8, 4) is 0 Å². The van der Waals surface area contributed by atoms with Gasteiger partial charge in [-0.2, -0.15) is 0 Å². The molecule has 2 rings (SSSR count). The van der Waals surface area contributed by atoms with Gasteiger partial charge >= 0.3 is 0 Å². The van der Waals surface area contributed by atoms with E-state index in [1.54, 1.807) is 12.1 Å². The molecule has 2 heterocycles. The van der Waals surface area contributed by atoms with Crippen LogP contribution in [-0.2, 0) is 0 Å². The summed E-state index contributed by atoms with van der Waals surface area (Å²) < 4.78 is 0. The summed E-state index contributed by atoms with van der Waals surface area (Å²) in [7, 11) is 0. The largest absolute Gasteiger partial charge is 0.337 e. The summed E-state index contributed by atoms with van der Waals surface area (Å²) in [4.78, 5) is 17.5. The lowest BCUT2D eigenvalue weighted by molar-refractivity contribution is 0.0787. The van der Waals surface area contributed by atoms with Crippen LogP contribution in [0.3, 0.4) is 0 Å². The van der Waals surface area contributed by atoms with Crippen LogP contribution in [0.15, 0.2) is 18.3 Å². The molecule has 1 aromatic rings. The van der Waals surface area contributed by atoms with Crippen LogP contribution in [0.25, 0.3) is 0 Å². The van der Waals surface area contributed by atoms with Gasteiger partial charge < -0.3 is 4.90 Å². The molecule has 0 bridgehead atoms. The number of hydrogen-bond donors (Lipinski definition) is 0. The molecule has 0 saturated carbocycles. The molecule has 0 N–H and O–H groups in total. The molecule has 67 valence electrons. The van der Waals surface area contributed by atoms with Crippen molar-refractivity contribution in [2.75, 3.05) is 13.1 Å². The first kappa shape index (κ1) is 8.23. The van der Waals surface area contributed by atoms with Gasteiger partial charge in [-0.15, -0.1) is 0 Å². The lowest BCUT2D eigenvalue weighted by Crippen LogP contribution is -2.28. The molecule has 1 aromatic heterocycles. The molecule has 0 spiro atoms. The third-order valence-electron chi connectivity index (χ3n) is 2.23. The molecule has 1 saturated heterocycles. The number of pyridine rings is 1. The first-order valence-corrected chi connectivity index (χ1v) is 4.49. The monoisotopic (exact) mass is 175 g/mol. The number of carbonyl (C=O) groups excluding carboxylic acids is 1. The van der Waals surface area contributed by atoms with Crippen LogP contribution in [0.4, 0.5) is 0 Å². The van der Waals surface area contributed by atoms with Gasteiger partial charge in [0, 0.05) is 25.4 Å². The SMILES string of the molecule is O=C(c1cc[c]cn1)N1CCCC1. The molecule has 0 aromatic carbocycles. The predicted octanol–water partition coefficient (Wildman–Crippen LogP) is 1.12. The number of aromatic nitrogens is 1. The summed E-state index contributed by atoms with van der Waals surface area (Å²) in [5.41, 5.74) is 0.528. The van der Waals surface area contributed by atoms with Crippen molar-refractivity contribution < 1.29 is 4.79 Å². The minimum Gasteiger partial charge on any atom is -0.337 e. The Balaban J connectivity index is 2.13. The van der Waals surface area contributed by atoms with E-state index in [2.05, 4.69) is 11.1 Å². The zero-order valence-electron chi connectivity index (χ0n) is 7.36. The Kier molecular flexibility index (Phi) is 2.25. The van der Waals surface area contributed by atoms with Gasteiger partial charge in [-0.3, -0.25) is 9.78 Å². The van der Waals surface area contributed by atoms with E-state index in [1.807, 2.05) is 4.90 Å². The highest BCUT2D eigenvalue weighted by molar-refractivity contribution is 5.92. The number of amides is 1. The Morgan fingerprint density at radius 3 is 2.85 bits per heavy atom. The molecule has 1 aliphatic heterocycles. The summed E-state index contributed by atoms with van der Waals surface area (Å²) in [5, 5.41) is 0. The fourth-order valence-electron chi connectivity index (χ4n) is 1.53. The molecule has 0 atom stereocenters. The van der Waals surface area contributed by atoms with Gasteiger partial charge in [-0.1, -0.05) is 6.07 Å². The molecule has 1 radical (unpaired) electrons. The molecule has 3 heteroatoms. The van der Waals surface area contributed by atoms with Crippen molar-refractivity contribution in [3.05, 3.63) is 30.1 Å². The van der Waals surface area contributed by atoms with E-state index in [-0.39, 0.29) is 5.91 Å². The fraction of sp³-hybridized carbons (Fsp3) is 0.400. The van der Waals surface area contributed by atoms with E-state index in [0.29, 0.717) is 5.69 Å². The Labute approximate surface area is 77.4 Å². The maximum Gasteiger partial charge on any atom is 0.272 e. The fourth-order valence-corrected chi connectivity index (χ4v) is 1.53. The van der Waals surface area contributed by atoms with E-state index in [0.717, 1.165) is 25.9 Å². The van der Waals surface area contributed by atoms with Crippen LogP contribution in [0.2, 0.25) is 0 Å². The maximum atomic E-state index is 11.7. The highest BCUT2D eigenvalue weighted by Gasteiger charge is 2.19. The normalized spacial score (nSPS) is 16.2. The Bertz CT molecular complexity index is 291.